The summed E-state index contributed by atoms with van der Waals surface area (Å²) in [5, 5.41) is 7.67. The van der Waals surface area contributed by atoms with Crippen LogP contribution in [0.25, 0.3) is 0 Å². The van der Waals surface area contributed by atoms with E-state index in [9.17, 15) is 4.79 Å². The first-order valence-corrected chi connectivity index (χ1v) is 9.46. The maximum atomic E-state index is 10.9. The lowest BCUT2D eigenvalue weighted by molar-refractivity contribution is -0.119. The molecule has 1 aromatic carbocycles. The summed E-state index contributed by atoms with van der Waals surface area (Å²) in [6, 6.07) is 7.62. The Balaban J connectivity index is 0.00000300. The SMILES string of the molecule is CN=C(NCc1cccc(OCC(N)=O)c1)N1CCC(Cc2cnn(C)c2)C1.I. The van der Waals surface area contributed by atoms with Crippen molar-refractivity contribution in [3.05, 3.63) is 47.8 Å². The fourth-order valence-corrected chi connectivity index (χ4v) is 3.52. The molecule has 1 saturated heterocycles. The predicted molar refractivity (Wildman–Crippen MR) is 123 cm³/mol. The molecule has 1 fully saturated rings. The van der Waals surface area contributed by atoms with Crippen LogP contribution in [0.3, 0.4) is 0 Å². The fourth-order valence-electron chi connectivity index (χ4n) is 3.52. The number of rotatable bonds is 7. The quantitative estimate of drug-likeness (QED) is 0.333. The van der Waals surface area contributed by atoms with E-state index in [0.717, 1.165) is 37.5 Å². The van der Waals surface area contributed by atoms with Crippen LogP contribution in [0, 0.1) is 5.92 Å². The number of aromatic nitrogens is 2. The zero-order valence-electron chi connectivity index (χ0n) is 16.9. The topological polar surface area (TPSA) is 97.8 Å². The summed E-state index contributed by atoms with van der Waals surface area (Å²) in [5.74, 6) is 1.65. The second-order valence-electron chi connectivity index (χ2n) is 7.13. The zero-order chi connectivity index (χ0) is 19.9. The minimum Gasteiger partial charge on any atom is -0.484 e. The van der Waals surface area contributed by atoms with Gasteiger partial charge in [-0.2, -0.15) is 5.10 Å². The Morgan fingerprint density at radius 1 is 1.41 bits per heavy atom. The lowest BCUT2D eigenvalue weighted by Gasteiger charge is -2.22. The van der Waals surface area contributed by atoms with Gasteiger partial charge in [0.15, 0.2) is 12.6 Å². The Kier molecular flexibility index (Phi) is 8.74. The molecule has 0 saturated carbocycles. The maximum absolute atomic E-state index is 10.9. The summed E-state index contributed by atoms with van der Waals surface area (Å²) in [6.45, 7) is 2.48. The molecule has 1 amide bonds. The standard InChI is InChI=1S/C20H28N6O2.HI/c1-22-20(23-10-15-4-3-5-18(9-15)28-14-19(21)27)26-7-6-16(13-26)8-17-11-24-25(2)12-17;/h3-5,9,11-12,16H,6-8,10,13-14H2,1-2H3,(H2,21,27)(H,22,23);1H. The highest BCUT2D eigenvalue weighted by atomic mass is 127. The first kappa shape index (κ1) is 23.0. The van der Waals surface area contributed by atoms with Crippen LogP contribution in [0.5, 0.6) is 5.75 Å². The van der Waals surface area contributed by atoms with E-state index in [0.29, 0.717) is 18.2 Å². The van der Waals surface area contributed by atoms with Gasteiger partial charge in [0, 0.05) is 39.9 Å². The Morgan fingerprint density at radius 2 is 2.24 bits per heavy atom. The van der Waals surface area contributed by atoms with Gasteiger partial charge in [0.05, 0.1) is 6.20 Å². The van der Waals surface area contributed by atoms with E-state index in [1.165, 1.54) is 5.56 Å². The average molecular weight is 512 g/mol. The summed E-state index contributed by atoms with van der Waals surface area (Å²) in [5.41, 5.74) is 7.46. The van der Waals surface area contributed by atoms with E-state index < -0.39 is 5.91 Å². The van der Waals surface area contributed by atoms with Crippen molar-refractivity contribution in [3.8, 4) is 5.75 Å². The molecule has 0 radical (unpaired) electrons. The number of benzene rings is 1. The highest BCUT2D eigenvalue weighted by Crippen LogP contribution is 2.21. The molecule has 1 atom stereocenters. The number of halogens is 1. The molecule has 2 heterocycles. The third-order valence-corrected chi connectivity index (χ3v) is 4.81. The number of ether oxygens (including phenoxy) is 1. The number of nitrogens with one attached hydrogen (secondary N) is 1. The summed E-state index contributed by atoms with van der Waals surface area (Å²) < 4.78 is 7.21. The van der Waals surface area contributed by atoms with Crippen LogP contribution in [0.1, 0.15) is 17.5 Å². The van der Waals surface area contributed by atoms with Crippen LogP contribution in [0.2, 0.25) is 0 Å². The Morgan fingerprint density at radius 3 is 2.93 bits per heavy atom. The fraction of sp³-hybridized carbons (Fsp3) is 0.450. The van der Waals surface area contributed by atoms with Gasteiger partial charge in [-0.25, -0.2) is 0 Å². The molecule has 29 heavy (non-hydrogen) atoms. The normalized spacial score (nSPS) is 16.4. The summed E-state index contributed by atoms with van der Waals surface area (Å²) in [7, 11) is 3.76. The molecule has 1 aliphatic rings. The minimum atomic E-state index is -0.487. The highest BCUT2D eigenvalue weighted by molar-refractivity contribution is 14.0. The summed E-state index contributed by atoms with van der Waals surface area (Å²) >= 11 is 0. The molecule has 8 nitrogen and oxygen atoms in total. The molecule has 1 aliphatic heterocycles. The van der Waals surface area contributed by atoms with Crippen LogP contribution in [0.15, 0.2) is 41.7 Å². The highest BCUT2D eigenvalue weighted by Gasteiger charge is 2.25. The second kappa shape index (κ2) is 11.0. The van der Waals surface area contributed by atoms with Crippen molar-refractivity contribution in [3.63, 3.8) is 0 Å². The van der Waals surface area contributed by atoms with Crippen molar-refractivity contribution in [2.45, 2.75) is 19.4 Å². The number of guanidine groups is 1. The van der Waals surface area contributed by atoms with Crippen molar-refractivity contribution >= 4 is 35.8 Å². The van der Waals surface area contributed by atoms with Gasteiger partial charge in [0.2, 0.25) is 0 Å². The van der Waals surface area contributed by atoms with E-state index in [1.54, 1.807) is 0 Å². The van der Waals surface area contributed by atoms with Gasteiger partial charge < -0.3 is 20.7 Å². The zero-order valence-corrected chi connectivity index (χ0v) is 19.2. The van der Waals surface area contributed by atoms with Gasteiger partial charge >= 0.3 is 0 Å². The van der Waals surface area contributed by atoms with E-state index in [-0.39, 0.29) is 30.6 Å². The van der Waals surface area contributed by atoms with Gasteiger partial charge in [0.1, 0.15) is 5.75 Å². The summed E-state index contributed by atoms with van der Waals surface area (Å²) in [6.07, 6.45) is 6.22. The molecular formula is C20H29IN6O2. The number of hydrogen-bond acceptors (Lipinski definition) is 4. The number of hydrogen-bond donors (Lipinski definition) is 2. The van der Waals surface area contributed by atoms with Crippen LogP contribution in [-0.2, 0) is 24.8 Å². The van der Waals surface area contributed by atoms with Crippen LogP contribution in [-0.4, -0.2) is 53.3 Å². The van der Waals surface area contributed by atoms with Crippen molar-refractivity contribution in [1.29, 1.82) is 0 Å². The van der Waals surface area contributed by atoms with Crippen molar-refractivity contribution in [2.75, 3.05) is 26.7 Å². The molecule has 0 spiro atoms. The minimum absolute atomic E-state index is 0. The molecule has 158 valence electrons. The number of likely N-dealkylation sites (tertiary alicyclic amines) is 1. The van der Waals surface area contributed by atoms with Gasteiger partial charge in [0.25, 0.3) is 5.91 Å². The van der Waals surface area contributed by atoms with Gasteiger partial charge in [-0.3, -0.25) is 14.5 Å². The molecule has 3 rings (SSSR count). The average Bonchev–Trinajstić information content (AvgIpc) is 3.30. The van der Waals surface area contributed by atoms with E-state index in [1.807, 2.05) is 49.2 Å². The van der Waals surface area contributed by atoms with Crippen molar-refractivity contribution in [2.24, 2.45) is 23.7 Å². The molecule has 9 heteroatoms. The van der Waals surface area contributed by atoms with Gasteiger partial charge in [-0.15, -0.1) is 24.0 Å². The first-order chi connectivity index (χ1) is 13.5. The molecule has 3 N–H and O–H groups in total. The Hall–Kier alpha value is -2.30. The number of aliphatic imine (C=N–C) groups is 1. The summed E-state index contributed by atoms with van der Waals surface area (Å²) in [4.78, 5) is 17.6. The number of carbonyl (C=O) groups is 1. The number of nitrogens with two attached hydrogens (primary N) is 1. The molecule has 0 bridgehead atoms. The number of primary amides is 1. The lowest BCUT2D eigenvalue weighted by Crippen LogP contribution is -2.39. The lowest BCUT2D eigenvalue weighted by atomic mass is 10.0. The molecule has 0 aliphatic carbocycles. The number of carbonyl (C=O) groups excluding carboxylic acids is 1. The monoisotopic (exact) mass is 512 g/mol. The third-order valence-electron chi connectivity index (χ3n) is 4.81. The van der Waals surface area contributed by atoms with Crippen molar-refractivity contribution in [1.82, 2.24) is 20.0 Å². The Bertz CT molecular complexity index is 838. The predicted octanol–water partition coefficient (Wildman–Crippen LogP) is 1.54. The molecular weight excluding hydrogens is 483 g/mol. The maximum Gasteiger partial charge on any atom is 0.255 e. The van der Waals surface area contributed by atoms with E-state index in [2.05, 4.69) is 26.5 Å². The van der Waals surface area contributed by atoms with E-state index >= 15 is 0 Å². The van der Waals surface area contributed by atoms with Crippen LogP contribution < -0.4 is 15.8 Å². The Labute approximate surface area is 188 Å². The second-order valence-corrected chi connectivity index (χ2v) is 7.13. The molecule has 2 aromatic rings. The number of amides is 1. The number of nitrogens with zero attached hydrogens (tertiary/aromatic N) is 4. The van der Waals surface area contributed by atoms with Crippen molar-refractivity contribution < 1.29 is 9.53 Å². The van der Waals surface area contributed by atoms with E-state index in [4.69, 9.17) is 10.5 Å². The van der Waals surface area contributed by atoms with Gasteiger partial charge in [-0.1, -0.05) is 12.1 Å². The third kappa shape index (κ3) is 6.91. The van der Waals surface area contributed by atoms with Gasteiger partial charge in [-0.05, 0) is 42.0 Å². The van der Waals surface area contributed by atoms with Crippen LogP contribution >= 0.6 is 24.0 Å². The van der Waals surface area contributed by atoms with Crippen LogP contribution in [0.4, 0.5) is 0 Å². The smallest absolute Gasteiger partial charge is 0.255 e. The largest absolute Gasteiger partial charge is 0.484 e. The molecule has 1 aromatic heterocycles. The molecule has 1 unspecified atom stereocenters. The number of aryl methyl sites for hydroxylation is 1. The first-order valence-electron chi connectivity index (χ1n) is 9.46.